The second-order valence-corrected chi connectivity index (χ2v) is 8.64. The molecule has 0 saturated carbocycles. The number of fused-ring (bicyclic) bond motifs is 1. The lowest BCUT2D eigenvalue weighted by atomic mass is 10.1. The minimum absolute atomic E-state index is 0.0494. The number of para-hydroxylation sites is 1. The number of aromatic nitrogens is 3. The van der Waals surface area contributed by atoms with Crippen molar-refractivity contribution in [2.75, 3.05) is 26.1 Å². The predicted molar refractivity (Wildman–Crippen MR) is 129 cm³/mol. The molecule has 0 bridgehead atoms. The van der Waals surface area contributed by atoms with Crippen molar-refractivity contribution in [2.45, 2.75) is 11.8 Å². The van der Waals surface area contributed by atoms with Crippen molar-refractivity contribution in [3.05, 3.63) is 71.6 Å². The van der Waals surface area contributed by atoms with Gasteiger partial charge in [0.05, 0.1) is 19.8 Å². The molecule has 2 amide bonds. The fourth-order valence-electron chi connectivity index (χ4n) is 2.95. The number of benzene rings is 2. The number of hydrogen-bond acceptors (Lipinski definition) is 10. The number of rotatable bonds is 5. The van der Waals surface area contributed by atoms with Crippen molar-refractivity contribution in [3.63, 3.8) is 0 Å². The maximum Gasteiger partial charge on any atom is 0.339 e. The van der Waals surface area contributed by atoms with Crippen molar-refractivity contribution >= 4 is 34.0 Å². The van der Waals surface area contributed by atoms with Gasteiger partial charge in [0, 0.05) is 5.56 Å². The maximum absolute atomic E-state index is 12.4. The topological polar surface area (TPSA) is 159 Å². The number of aryl methyl sites for hydroxylation is 1. The number of nitrogens with one attached hydrogen (secondary N) is 2. The van der Waals surface area contributed by atoms with Gasteiger partial charge >= 0.3 is 18.0 Å². The van der Waals surface area contributed by atoms with E-state index in [9.17, 15) is 18.0 Å². The molecule has 188 valence electrons. The van der Waals surface area contributed by atoms with E-state index in [1.807, 2.05) is 30.3 Å². The van der Waals surface area contributed by atoms with Crippen molar-refractivity contribution in [2.24, 2.45) is 0 Å². The van der Waals surface area contributed by atoms with Gasteiger partial charge in [0.2, 0.25) is 5.95 Å². The highest BCUT2D eigenvalue weighted by Gasteiger charge is 2.25. The van der Waals surface area contributed by atoms with Gasteiger partial charge in [-0.3, -0.25) is 5.32 Å². The SMILES string of the molecule is C1=Cc2ccccc2OC1.COC(=O)c1ccccc1S(=O)(=O)NC(=O)Nc1nc(C)nc(OC)n1. The van der Waals surface area contributed by atoms with Crippen LogP contribution in [0.25, 0.3) is 6.08 Å². The molecule has 0 radical (unpaired) electrons. The van der Waals surface area contributed by atoms with Gasteiger partial charge in [-0.25, -0.2) is 22.7 Å². The van der Waals surface area contributed by atoms with Crippen LogP contribution in [0.4, 0.5) is 10.7 Å². The lowest BCUT2D eigenvalue weighted by Crippen LogP contribution is -2.35. The molecule has 1 aliphatic rings. The Morgan fingerprint density at radius 2 is 1.72 bits per heavy atom. The Hall–Kier alpha value is -4.52. The third kappa shape index (κ3) is 6.76. The first kappa shape index (κ1) is 26.1. The number of amides is 2. The number of ether oxygens (including phenoxy) is 3. The fourth-order valence-corrected chi connectivity index (χ4v) is 4.05. The Morgan fingerprint density at radius 3 is 2.44 bits per heavy atom. The van der Waals surface area contributed by atoms with Crippen LogP contribution >= 0.6 is 0 Å². The smallest absolute Gasteiger partial charge is 0.339 e. The summed E-state index contributed by atoms with van der Waals surface area (Å²) in [6, 6.07) is 12.1. The van der Waals surface area contributed by atoms with Crippen LogP contribution in [0, 0.1) is 6.92 Å². The van der Waals surface area contributed by atoms with Gasteiger partial charge in [-0.1, -0.05) is 36.4 Å². The Balaban J connectivity index is 0.000000297. The van der Waals surface area contributed by atoms with Gasteiger partial charge in [0.1, 0.15) is 23.1 Å². The average molecular weight is 514 g/mol. The van der Waals surface area contributed by atoms with E-state index in [0.29, 0.717) is 6.61 Å². The summed E-state index contributed by atoms with van der Waals surface area (Å²) in [5, 5.41) is 2.16. The molecule has 2 heterocycles. The third-order valence-corrected chi connectivity index (χ3v) is 5.88. The number of carbonyl (C=O) groups is 2. The normalized spacial score (nSPS) is 11.6. The van der Waals surface area contributed by atoms with Crippen LogP contribution in [0.15, 0.2) is 59.5 Å². The van der Waals surface area contributed by atoms with E-state index in [1.54, 1.807) is 4.72 Å². The van der Waals surface area contributed by atoms with E-state index in [-0.39, 0.29) is 23.3 Å². The molecule has 12 nitrogen and oxygen atoms in total. The van der Waals surface area contributed by atoms with Gasteiger partial charge in [0.25, 0.3) is 10.0 Å². The van der Waals surface area contributed by atoms with Crippen LogP contribution in [0.1, 0.15) is 21.7 Å². The van der Waals surface area contributed by atoms with Gasteiger partial charge < -0.3 is 14.2 Å². The highest BCUT2D eigenvalue weighted by molar-refractivity contribution is 7.90. The number of sulfonamides is 1. The van der Waals surface area contributed by atoms with Gasteiger partial charge in [-0.15, -0.1) is 0 Å². The highest BCUT2D eigenvalue weighted by Crippen LogP contribution is 2.22. The van der Waals surface area contributed by atoms with Crippen LogP contribution in [0.3, 0.4) is 0 Å². The first-order valence-electron chi connectivity index (χ1n) is 10.4. The molecular formula is C23H23N5O7S. The Morgan fingerprint density at radius 1 is 1.00 bits per heavy atom. The van der Waals surface area contributed by atoms with Crippen LogP contribution in [-0.4, -0.2) is 56.2 Å². The predicted octanol–water partition coefficient (Wildman–Crippen LogP) is 2.58. The second kappa shape index (κ2) is 11.8. The summed E-state index contributed by atoms with van der Waals surface area (Å²) in [6.45, 7) is 2.24. The molecule has 0 saturated heterocycles. The zero-order valence-electron chi connectivity index (χ0n) is 19.6. The number of esters is 1. The van der Waals surface area contributed by atoms with Crippen molar-refractivity contribution in [3.8, 4) is 11.8 Å². The molecular weight excluding hydrogens is 490 g/mol. The summed E-state index contributed by atoms with van der Waals surface area (Å²) >= 11 is 0. The average Bonchev–Trinajstić information content (AvgIpc) is 2.88. The van der Waals surface area contributed by atoms with Crippen LogP contribution in [0.2, 0.25) is 0 Å². The number of hydrogen-bond donors (Lipinski definition) is 2. The number of carbonyl (C=O) groups excluding carboxylic acids is 2. The first-order chi connectivity index (χ1) is 17.2. The van der Waals surface area contributed by atoms with E-state index in [4.69, 9.17) is 9.47 Å². The number of urea groups is 1. The summed E-state index contributed by atoms with van der Waals surface area (Å²) in [6.07, 6.45) is 4.10. The molecule has 13 heteroatoms. The molecule has 2 aromatic carbocycles. The van der Waals surface area contributed by atoms with Gasteiger partial charge in [-0.2, -0.15) is 15.0 Å². The van der Waals surface area contributed by atoms with Crippen LogP contribution in [-0.2, 0) is 14.8 Å². The Labute approximate surface area is 207 Å². The quantitative estimate of drug-likeness (QED) is 0.486. The fraction of sp³-hybridized carbons (Fsp3) is 0.174. The molecule has 1 aromatic heterocycles. The van der Waals surface area contributed by atoms with E-state index in [1.165, 1.54) is 37.8 Å². The van der Waals surface area contributed by atoms with Crippen molar-refractivity contribution in [1.82, 2.24) is 19.7 Å². The van der Waals surface area contributed by atoms with Crippen molar-refractivity contribution < 1.29 is 32.2 Å². The first-order valence-corrected chi connectivity index (χ1v) is 11.9. The van der Waals surface area contributed by atoms with Crippen molar-refractivity contribution in [1.29, 1.82) is 0 Å². The zero-order chi connectivity index (χ0) is 26.1. The standard InChI is InChI=1S/C14H15N5O6S.C9H8O/c1-8-15-12(18-14(16-8)25-3)17-13(21)19-26(22,23)10-7-5-4-6-9(10)11(20)24-2;1-2-6-9-8(4-1)5-3-7-10-9/h4-7H,1-3H3,(H2,15,16,17,18,19,21);1-6H,7H2. The molecule has 0 unspecified atom stereocenters. The number of methoxy groups -OCH3 is 2. The monoisotopic (exact) mass is 513 g/mol. The third-order valence-electron chi connectivity index (χ3n) is 4.50. The zero-order valence-corrected chi connectivity index (χ0v) is 20.4. The van der Waals surface area contributed by atoms with E-state index >= 15 is 0 Å². The summed E-state index contributed by atoms with van der Waals surface area (Å²) in [4.78, 5) is 34.7. The van der Waals surface area contributed by atoms with E-state index < -0.39 is 26.9 Å². The molecule has 4 rings (SSSR count). The maximum atomic E-state index is 12.4. The lowest BCUT2D eigenvalue weighted by molar-refractivity contribution is 0.0596. The summed E-state index contributed by atoms with van der Waals surface area (Å²) in [5.74, 6) is 0.184. The summed E-state index contributed by atoms with van der Waals surface area (Å²) in [5.41, 5.74) is 0.960. The van der Waals surface area contributed by atoms with Crippen LogP contribution in [0.5, 0.6) is 11.8 Å². The van der Waals surface area contributed by atoms with Crippen LogP contribution < -0.4 is 19.5 Å². The van der Waals surface area contributed by atoms with Gasteiger partial charge in [-0.05, 0) is 31.2 Å². The Bertz CT molecular complexity index is 1390. The highest BCUT2D eigenvalue weighted by atomic mass is 32.2. The number of nitrogens with zero attached hydrogens (tertiary/aromatic N) is 3. The largest absolute Gasteiger partial charge is 0.489 e. The minimum Gasteiger partial charge on any atom is -0.489 e. The van der Waals surface area contributed by atoms with E-state index in [2.05, 4.69) is 31.1 Å². The lowest BCUT2D eigenvalue weighted by Gasteiger charge is -2.11. The van der Waals surface area contributed by atoms with Gasteiger partial charge in [0.15, 0.2) is 0 Å². The minimum atomic E-state index is -4.36. The molecule has 0 spiro atoms. The molecule has 0 aliphatic carbocycles. The Kier molecular flexibility index (Phi) is 8.52. The molecule has 3 aromatic rings. The molecule has 0 atom stereocenters. The number of anilines is 1. The molecule has 1 aliphatic heterocycles. The summed E-state index contributed by atoms with van der Waals surface area (Å²) in [7, 11) is -1.92. The summed E-state index contributed by atoms with van der Waals surface area (Å²) < 4.78 is 41.3. The molecule has 0 fully saturated rings. The van der Waals surface area contributed by atoms with E-state index in [0.717, 1.165) is 18.9 Å². The molecule has 36 heavy (non-hydrogen) atoms. The molecule has 2 N–H and O–H groups in total. The second-order valence-electron chi connectivity index (χ2n) is 6.99.